The van der Waals surface area contributed by atoms with Crippen molar-refractivity contribution in [3.63, 3.8) is 0 Å². The van der Waals surface area contributed by atoms with Crippen LogP contribution < -0.4 is 0 Å². The summed E-state index contributed by atoms with van der Waals surface area (Å²) in [5, 5.41) is 10.5. The van der Waals surface area contributed by atoms with Crippen LogP contribution in [0.15, 0.2) is 48.5 Å². The van der Waals surface area contributed by atoms with Crippen LogP contribution in [-0.4, -0.2) is 52.9 Å². The van der Waals surface area contributed by atoms with Gasteiger partial charge in [-0.25, -0.2) is 8.42 Å². The van der Waals surface area contributed by atoms with Gasteiger partial charge >= 0.3 is 5.97 Å². The van der Waals surface area contributed by atoms with Crippen LogP contribution in [0.3, 0.4) is 0 Å². The third-order valence-corrected chi connectivity index (χ3v) is 10.1. The van der Waals surface area contributed by atoms with Gasteiger partial charge in [0.1, 0.15) is 12.2 Å². The fourth-order valence-corrected chi connectivity index (χ4v) is 6.46. The minimum absolute atomic E-state index is 0.288. The predicted octanol–water partition coefficient (Wildman–Crippen LogP) is 5.64. The van der Waals surface area contributed by atoms with Crippen molar-refractivity contribution in [2.24, 2.45) is 0 Å². The lowest BCUT2D eigenvalue weighted by Gasteiger charge is -2.55. The number of morpholine rings is 1. The number of hydrogen-bond acceptors (Lipinski definition) is 5. The zero-order chi connectivity index (χ0) is 27.8. The van der Waals surface area contributed by atoms with Crippen LogP contribution in [0.25, 0.3) is 0 Å². The number of aliphatic carboxylic acids is 1. The molecule has 1 amide bonds. The summed E-state index contributed by atoms with van der Waals surface area (Å²) in [4.78, 5) is 27.2. The number of benzene rings is 2. The normalized spacial score (nSPS) is 23.6. The van der Waals surface area contributed by atoms with Crippen molar-refractivity contribution >= 4 is 44.9 Å². The Balaban J connectivity index is 2.30. The van der Waals surface area contributed by atoms with Gasteiger partial charge in [0, 0.05) is 16.1 Å². The van der Waals surface area contributed by atoms with Gasteiger partial charge in [0.15, 0.2) is 9.84 Å². The Morgan fingerprint density at radius 1 is 1.14 bits per heavy atom. The summed E-state index contributed by atoms with van der Waals surface area (Å²) < 4.78 is 31.9. The van der Waals surface area contributed by atoms with Crippen molar-refractivity contribution in [2.45, 2.75) is 76.0 Å². The molecule has 0 aromatic heterocycles. The van der Waals surface area contributed by atoms with Crippen LogP contribution in [0.5, 0.6) is 0 Å². The molecule has 1 fully saturated rings. The van der Waals surface area contributed by atoms with E-state index in [2.05, 4.69) is 0 Å². The van der Waals surface area contributed by atoms with E-state index in [9.17, 15) is 23.1 Å². The third kappa shape index (κ3) is 5.98. The van der Waals surface area contributed by atoms with E-state index in [4.69, 9.17) is 27.9 Å². The molecular formula is C27H33Cl2NO6S. The number of halogens is 2. The maximum Gasteiger partial charge on any atom is 0.306 e. The highest BCUT2D eigenvalue weighted by atomic mass is 35.5. The van der Waals surface area contributed by atoms with Gasteiger partial charge in [-0.05, 0) is 69.5 Å². The summed E-state index contributed by atoms with van der Waals surface area (Å²) in [6.45, 7) is 8.49. The Hall–Kier alpha value is -2.13. The SMILES string of the molecule is CC[C@@H](CS(=O)(=O)C(C)(C)C)N1C(=O)[C@H](CC(=O)O)O[C@H](c2cccc(Cl)c2)[C@@]1(C)c1ccc(Cl)cc1. The second kappa shape index (κ2) is 10.9. The lowest BCUT2D eigenvalue weighted by molar-refractivity contribution is -0.200. The Labute approximate surface area is 228 Å². The summed E-state index contributed by atoms with van der Waals surface area (Å²) >= 11 is 12.5. The lowest BCUT2D eigenvalue weighted by atomic mass is 9.78. The van der Waals surface area contributed by atoms with E-state index in [1.807, 2.05) is 13.8 Å². The molecule has 0 spiro atoms. The first kappa shape index (κ1) is 29.4. The molecule has 0 radical (unpaired) electrons. The summed E-state index contributed by atoms with van der Waals surface area (Å²) in [6.07, 6.45) is -2.40. The predicted molar refractivity (Wildman–Crippen MR) is 145 cm³/mol. The highest BCUT2D eigenvalue weighted by Gasteiger charge is 2.55. The maximum absolute atomic E-state index is 14.0. The smallest absolute Gasteiger partial charge is 0.306 e. The first-order valence-electron chi connectivity index (χ1n) is 12.1. The van der Waals surface area contributed by atoms with E-state index in [1.54, 1.807) is 69.3 Å². The lowest BCUT2D eigenvalue weighted by Crippen LogP contribution is -2.65. The second-order valence-electron chi connectivity index (χ2n) is 10.5. The van der Waals surface area contributed by atoms with Gasteiger partial charge in [0.05, 0.1) is 22.5 Å². The van der Waals surface area contributed by atoms with Crippen molar-refractivity contribution in [3.05, 3.63) is 69.7 Å². The molecule has 2 aromatic carbocycles. The number of carbonyl (C=O) groups is 2. The molecule has 2 aromatic rings. The van der Waals surface area contributed by atoms with Crippen molar-refractivity contribution in [1.82, 2.24) is 4.90 Å². The molecule has 0 saturated carbocycles. The Morgan fingerprint density at radius 2 is 1.76 bits per heavy atom. The maximum atomic E-state index is 14.0. The molecular weight excluding hydrogens is 537 g/mol. The zero-order valence-electron chi connectivity index (χ0n) is 21.6. The van der Waals surface area contributed by atoms with Gasteiger partial charge < -0.3 is 14.7 Å². The average Bonchev–Trinajstić information content (AvgIpc) is 2.79. The third-order valence-electron chi connectivity index (χ3n) is 6.95. The van der Waals surface area contributed by atoms with E-state index < -0.39 is 56.7 Å². The molecule has 0 bridgehead atoms. The number of carbonyl (C=O) groups excluding carboxylic acids is 1. The van der Waals surface area contributed by atoms with E-state index in [1.165, 1.54) is 4.90 Å². The van der Waals surface area contributed by atoms with Gasteiger partial charge in [-0.3, -0.25) is 9.59 Å². The number of rotatable bonds is 8. The summed E-state index contributed by atoms with van der Waals surface area (Å²) in [5.41, 5.74) is 0.0806. The number of amides is 1. The van der Waals surface area contributed by atoms with Gasteiger partial charge in [0.25, 0.3) is 5.91 Å². The molecule has 1 heterocycles. The molecule has 37 heavy (non-hydrogen) atoms. The fraction of sp³-hybridized carbons (Fsp3) is 0.481. The largest absolute Gasteiger partial charge is 0.481 e. The van der Waals surface area contributed by atoms with Crippen LogP contribution >= 0.6 is 23.2 Å². The van der Waals surface area contributed by atoms with E-state index >= 15 is 0 Å². The highest BCUT2D eigenvalue weighted by Crippen LogP contribution is 2.49. The molecule has 202 valence electrons. The van der Waals surface area contributed by atoms with Crippen LogP contribution in [0.4, 0.5) is 0 Å². The standard InChI is InChI=1S/C27H33Cl2NO6S/c1-6-21(16-37(34,35)26(2,3)4)30-25(33)22(15-23(31)32)36-24(17-8-7-9-20(29)14-17)27(30,5)18-10-12-19(28)13-11-18/h7-14,21-22,24H,6,15-16H2,1-5H3,(H,31,32)/t21-,22-,24+,27+/m0/s1. The molecule has 1 aliphatic rings. The first-order chi connectivity index (χ1) is 17.1. The number of nitrogens with zero attached hydrogens (tertiary/aromatic N) is 1. The molecule has 1 N–H and O–H groups in total. The first-order valence-corrected chi connectivity index (χ1v) is 14.5. The molecule has 0 unspecified atom stereocenters. The highest BCUT2D eigenvalue weighted by molar-refractivity contribution is 7.92. The Morgan fingerprint density at radius 3 is 2.27 bits per heavy atom. The van der Waals surface area contributed by atoms with Crippen molar-refractivity contribution in [1.29, 1.82) is 0 Å². The molecule has 0 aliphatic carbocycles. The van der Waals surface area contributed by atoms with Crippen molar-refractivity contribution < 1.29 is 27.9 Å². The monoisotopic (exact) mass is 569 g/mol. The van der Waals surface area contributed by atoms with E-state index in [-0.39, 0.29) is 5.75 Å². The van der Waals surface area contributed by atoms with Crippen molar-refractivity contribution in [2.75, 3.05) is 5.75 Å². The van der Waals surface area contributed by atoms with Gasteiger partial charge in [-0.2, -0.15) is 0 Å². The quantitative estimate of drug-likeness (QED) is 0.441. The minimum Gasteiger partial charge on any atom is -0.481 e. The number of ether oxygens (including phenoxy) is 1. The summed E-state index contributed by atoms with van der Waals surface area (Å²) in [5.74, 6) is -2.06. The van der Waals surface area contributed by atoms with Crippen LogP contribution in [0.2, 0.25) is 10.0 Å². The molecule has 7 nitrogen and oxygen atoms in total. The second-order valence-corrected chi connectivity index (χ2v) is 14.1. The van der Waals surface area contributed by atoms with E-state index in [0.717, 1.165) is 0 Å². The minimum atomic E-state index is -3.64. The molecule has 4 atom stereocenters. The van der Waals surface area contributed by atoms with Gasteiger partial charge in [0.2, 0.25) is 0 Å². The number of hydrogen-bond donors (Lipinski definition) is 1. The average molecular weight is 571 g/mol. The van der Waals surface area contributed by atoms with Crippen molar-refractivity contribution in [3.8, 4) is 0 Å². The molecule has 1 aliphatic heterocycles. The fourth-order valence-electron chi connectivity index (χ4n) is 4.75. The zero-order valence-corrected chi connectivity index (χ0v) is 23.9. The number of sulfone groups is 1. The van der Waals surface area contributed by atoms with Gasteiger partial charge in [-0.1, -0.05) is 54.4 Å². The van der Waals surface area contributed by atoms with E-state index in [0.29, 0.717) is 27.6 Å². The Kier molecular flexibility index (Phi) is 8.69. The molecule has 1 saturated heterocycles. The van der Waals surface area contributed by atoms with Crippen LogP contribution in [0.1, 0.15) is 64.7 Å². The summed E-state index contributed by atoms with van der Waals surface area (Å²) in [6, 6.07) is 13.1. The van der Waals surface area contributed by atoms with Gasteiger partial charge in [-0.15, -0.1) is 0 Å². The van der Waals surface area contributed by atoms with Crippen LogP contribution in [-0.2, 0) is 29.7 Å². The number of carboxylic acids is 1. The van der Waals surface area contributed by atoms with Crippen LogP contribution in [0, 0.1) is 0 Å². The Bertz CT molecular complexity index is 1260. The number of carboxylic acid groups (broad SMARTS) is 1. The molecule has 10 heteroatoms. The summed E-state index contributed by atoms with van der Waals surface area (Å²) in [7, 11) is -3.64. The molecule has 3 rings (SSSR count). The topological polar surface area (TPSA) is 101 Å².